The van der Waals surface area contributed by atoms with E-state index in [-0.39, 0.29) is 17.4 Å². The monoisotopic (exact) mass is 452 g/mol. The van der Waals surface area contributed by atoms with Gasteiger partial charge in [0.15, 0.2) is 4.34 Å². The van der Waals surface area contributed by atoms with Crippen LogP contribution in [0.5, 0.6) is 5.75 Å². The third-order valence-corrected chi connectivity index (χ3v) is 6.21. The molecule has 1 aliphatic heterocycles. The van der Waals surface area contributed by atoms with E-state index < -0.39 is 6.36 Å². The summed E-state index contributed by atoms with van der Waals surface area (Å²) in [5.41, 5.74) is 2.67. The number of benzene rings is 2. The fourth-order valence-corrected chi connectivity index (χ4v) is 4.63. The topological polar surface area (TPSA) is 67.3 Å². The largest absolute Gasteiger partial charge is 0.573 e. The van der Waals surface area contributed by atoms with Crippen LogP contribution in [0.15, 0.2) is 52.9 Å². The maximum atomic E-state index is 12.6. The lowest BCUT2D eigenvalue weighted by atomic mass is 10.2. The highest BCUT2D eigenvalue weighted by molar-refractivity contribution is 8.01. The van der Waals surface area contributed by atoms with E-state index in [2.05, 4.69) is 20.3 Å². The van der Waals surface area contributed by atoms with Crippen LogP contribution in [0.1, 0.15) is 5.56 Å². The molecule has 2 aromatic carbocycles. The van der Waals surface area contributed by atoms with Crippen LogP contribution in [0.2, 0.25) is 0 Å². The van der Waals surface area contributed by atoms with E-state index in [1.807, 2.05) is 24.3 Å². The quantitative estimate of drug-likeness (QED) is 0.539. The third-order valence-electron chi connectivity index (χ3n) is 4.25. The molecular formula is C19H15F3N4O2S2. The number of para-hydroxylation sites is 1. The van der Waals surface area contributed by atoms with Crippen molar-refractivity contribution in [2.75, 3.05) is 22.5 Å². The Kier molecular flexibility index (Phi) is 5.82. The number of nitrogens with one attached hydrogen (secondary N) is 1. The van der Waals surface area contributed by atoms with Gasteiger partial charge in [-0.05, 0) is 42.3 Å². The van der Waals surface area contributed by atoms with E-state index in [4.69, 9.17) is 0 Å². The average Bonchev–Trinajstić information content (AvgIpc) is 3.33. The summed E-state index contributed by atoms with van der Waals surface area (Å²) in [6.45, 7) is 0.676. The van der Waals surface area contributed by atoms with Crippen LogP contribution in [0.3, 0.4) is 0 Å². The number of hydrogen-bond donors (Lipinski definition) is 1. The molecule has 0 spiro atoms. The SMILES string of the molecule is O=C(CSc1nnc(Nc2ccc(OC(F)(F)F)cc2)s1)N1CCc2ccccc21. The summed E-state index contributed by atoms with van der Waals surface area (Å²) in [5, 5.41) is 11.5. The van der Waals surface area contributed by atoms with Gasteiger partial charge in [0.1, 0.15) is 5.75 Å². The number of alkyl halides is 3. The average molecular weight is 452 g/mol. The number of ether oxygens (including phenoxy) is 1. The maximum Gasteiger partial charge on any atom is 0.573 e. The number of carbonyl (C=O) groups is 1. The van der Waals surface area contributed by atoms with Gasteiger partial charge in [0, 0.05) is 17.9 Å². The van der Waals surface area contributed by atoms with E-state index in [0.717, 1.165) is 12.1 Å². The van der Waals surface area contributed by atoms with Crippen LogP contribution in [-0.4, -0.2) is 34.8 Å². The molecule has 1 amide bonds. The van der Waals surface area contributed by atoms with Crippen LogP contribution in [-0.2, 0) is 11.2 Å². The van der Waals surface area contributed by atoms with E-state index in [9.17, 15) is 18.0 Å². The summed E-state index contributed by atoms with van der Waals surface area (Å²) < 4.78 is 41.1. The summed E-state index contributed by atoms with van der Waals surface area (Å²) >= 11 is 2.56. The first-order chi connectivity index (χ1) is 14.4. The highest BCUT2D eigenvalue weighted by Crippen LogP contribution is 2.31. The molecule has 6 nitrogen and oxygen atoms in total. The third kappa shape index (κ3) is 5.03. The van der Waals surface area contributed by atoms with Crippen molar-refractivity contribution in [1.29, 1.82) is 0 Å². The molecule has 30 heavy (non-hydrogen) atoms. The number of amides is 1. The van der Waals surface area contributed by atoms with Gasteiger partial charge in [0.05, 0.1) is 5.75 Å². The zero-order valence-corrected chi connectivity index (χ0v) is 17.0. The molecule has 3 aromatic rings. The van der Waals surface area contributed by atoms with Crippen molar-refractivity contribution < 1.29 is 22.7 Å². The lowest BCUT2D eigenvalue weighted by Gasteiger charge is -2.16. The van der Waals surface area contributed by atoms with Gasteiger partial charge in [-0.25, -0.2) is 0 Å². The van der Waals surface area contributed by atoms with E-state index in [1.54, 1.807) is 4.90 Å². The molecule has 0 atom stereocenters. The fraction of sp³-hybridized carbons (Fsp3) is 0.211. The minimum atomic E-state index is -4.73. The molecule has 1 N–H and O–H groups in total. The second-order valence-electron chi connectivity index (χ2n) is 6.28. The number of nitrogens with zero attached hydrogens (tertiary/aromatic N) is 3. The van der Waals surface area contributed by atoms with E-state index >= 15 is 0 Å². The number of thioether (sulfide) groups is 1. The molecule has 0 saturated carbocycles. The van der Waals surface area contributed by atoms with Crippen molar-refractivity contribution >= 4 is 45.5 Å². The van der Waals surface area contributed by atoms with Crippen LogP contribution in [0, 0.1) is 0 Å². The number of anilines is 3. The van der Waals surface area contributed by atoms with Gasteiger partial charge in [-0.2, -0.15) is 0 Å². The zero-order valence-electron chi connectivity index (χ0n) is 15.3. The van der Waals surface area contributed by atoms with Crippen molar-refractivity contribution in [2.45, 2.75) is 17.1 Å². The van der Waals surface area contributed by atoms with Crippen LogP contribution in [0.4, 0.5) is 29.7 Å². The van der Waals surface area contributed by atoms with E-state index in [1.165, 1.54) is 52.9 Å². The Bertz CT molecular complexity index is 1040. The minimum absolute atomic E-state index is 0.00918. The highest BCUT2D eigenvalue weighted by Gasteiger charge is 2.31. The molecule has 11 heteroatoms. The predicted octanol–water partition coefficient (Wildman–Crippen LogP) is 4.86. The van der Waals surface area contributed by atoms with Crippen molar-refractivity contribution in [2.24, 2.45) is 0 Å². The molecule has 0 fully saturated rings. The summed E-state index contributed by atoms with van der Waals surface area (Å²) in [6.07, 6.45) is -3.87. The lowest BCUT2D eigenvalue weighted by molar-refractivity contribution is -0.274. The molecule has 156 valence electrons. The second-order valence-corrected chi connectivity index (χ2v) is 8.48. The molecular weight excluding hydrogens is 437 g/mol. The maximum absolute atomic E-state index is 12.6. The van der Waals surface area contributed by atoms with Gasteiger partial charge in [-0.3, -0.25) is 4.79 Å². The first-order valence-corrected chi connectivity index (χ1v) is 10.6. The van der Waals surface area contributed by atoms with Crippen molar-refractivity contribution in [3.63, 3.8) is 0 Å². The number of rotatable bonds is 6. The van der Waals surface area contributed by atoms with Gasteiger partial charge in [-0.1, -0.05) is 41.3 Å². The molecule has 0 bridgehead atoms. The second kappa shape index (κ2) is 8.52. The van der Waals surface area contributed by atoms with Gasteiger partial charge >= 0.3 is 6.36 Å². The number of aromatic nitrogens is 2. The van der Waals surface area contributed by atoms with Crippen molar-refractivity contribution in [1.82, 2.24) is 10.2 Å². The Labute approximate surface area is 178 Å². The lowest BCUT2D eigenvalue weighted by Crippen LogP contribution is -2.30. The zero-order chi connectivity index (χ0) is 21.1. The minimum Gasteiger partial charge on any atom is -0.406 e. The molecule has 4 rings (SSSR count). The van der Waals surface area contributed by atoms with Gasteiger partial charge in [0.2, 0.25) is 11.0 Å². The van der Waals surface area contributed by atoms with Crippen molar-refractivity contribution in [3.8, 4) is 5.75 Å². The normalized spacial score (nSPS) is 13.2. The highest BCUT2D eigenvalue weighted by atomic mass is 32.2. The predicted molar refractivity (Wildman–Crippen MR) is 110 cm³/mol. The van der Waals surface area contributed by atoms with Crippen LogP contribution in [0.25, 0.3) is 0 Å². The number of fused-ring (bicyclic) bond motifs is 1. The summed E-state index contributed by atoms with van der Waals surface area (Å²) in [6, 6.07) is 13.2. The van der Waals surface area contributed by atoms with Crippen LogP contribution < -0.4 is 15.0 Å². The first-order valence-electron chi connectivity index (χ1n) is 8.85. The Morgan fingerprint density at radius 3 is 2.70 bits per heavy atom. The molecule has 0 aliphatic carbocycles. The van der Waals surface area contributed by atoms with Gasteiger partial charge in [-0.15, -0.1) is 23.4 Å². The van der Waals surface area contributed by atoms with Gasteiger partial charge < -0.3 is 15.0 Å². The Hall–Kier alpha value is -2.79. The molecule has 1 aliphatic rings. The number of carbonyl (C=O) groups excluding carboxylic acids is 1. The Morgan fingerprint density at radius 2 is 1.93 bits per heavy atom. The smallest absolute Gasteiger partial charge is 0.406 e. The molecule has 0 saturated heterocycles. The standard InChI is InChI=1S/C19H15F3N4O2S2/c20-19(21,22)28-14-7-5-13(6-8-14)23-17-24-25-18(30-17)29-11-16(27)26-10-9-12-3-1-2-4-15(12)26/h1-8H,9-11H2,(H,23,24). The van der Waals surface area contributed by atoms with Crippen molar-refractivity contribution in [3.05, 3.63) is 54.1 Å². The molecule has 2 heterocycles. The Balaban J connectivity index is 1.31. The molecule has 0 unspecified atom stereocenters. The summed E-state index contributed by atoms with van der Waals surface area (Å²) in [7, 11) is 0. The number of halogens is 3. The first kappa shape index (κ1) is 20.5. The van der Waals surface area contributed by atoms with Gasteiger partial charge in [0.25, 0.3) is 0 Å². The Morgan fingerprint density at radius 1 is 1.17 bits per heavy atom. The molecule has 0 radical (unpaired) electrons. The summed E-state index contributed by atoms with van der Waals surface area (Å²) in [4.78, 5) is 14.3. The van der Waals surface area contributed by atoms with Crippen LogP contribution >= 0.6 is 23.1 Å². The van der Waals surface area contributed by atoms with E-state index in [0.29, 0.717) is 21.7 Å². The fourth-order valence-electron chi connectivity index (χ4n) is 2.98. The molecule has 1 aromatic heterocycles. The summed E-state index contributed by atoms with van der Waals surface area (Å²) in [5.74, 6) is -0.0506. The number of hydrogen-bond acceptors (Lipinski definition) is 7.